The maximum Gasteiger partial charge on any atom is 0.416 e. The van der Waals surface area contributed by atoms with Crippen LogP contribution in [-0.2, 0) is 12.6 Å². The SMILES string of the molecule is O=C(c1ccn[nH]1)N1CCC[C@@H](CCc2cccc(C(F)(F)F)c2)C1. The zero-order chi connectivity index (χ0) is 17.9. The van der Waals surface area contributed by atoms with Gasteiger partial charge in [-0.2, -0.15) is 18.3 Å². The average Bonchev–Trinajstić information content (AvgIpc) is 3.14. The quantitative estimate of drug-likeness (QED) is 0.908. The highest BCUT2D eigenvalue weighted by Gasteiger charge is 2.30. The number of aromatic nitrogens is 2. The van der Waals surface area contributed by atoms with Crippen LogP contribution in [-0.4, -0.2) is 34.1 Å². The zero-order valence-electron chi connectivity index (χ0n) is 13.7. The number of likely N-dealkylation sites (tertiary alicyclic amines) is 1. The Bertz CT molecular complexity index is 713. The molecule has 0 saturated carbocycles. The number of rotatable bonds is 4. The minimum Gasteiger partial charge on any atom is -0.337 e. The fraction of sp³-hybridized carbons (Fsp3) is 0.444. The molecule has 1 aliphatic heterocycles. The topological polar surface area (TPSA) is 49.0 Å². The summed E-state index contributed by atoms with van der Waals surface area (Å²) < 4.78 is 38.4. The van der Waals surface area contributed by atoms with E-state index in [1.807, 2.05) is 0 Å². The van der Waals surface area contributed by atoms with E-state index in [0.717, 1.165) is 25.3 Å². The number of benzene rings is 1. The van der Waals surface area contributed by atoms with Crippen molar-refractivity contribution in [2.75, 3.05) is 13.1 Å². The number of hydrogen-bond donors (Lipinski definition) is 1. The third kappa shape index (κ3) is 4.41. The molecule has 134 valence electrons. The normalized spacial score (nSPS) is 18.4. The van der Waals surface area contributed by atoms with Gasteiger partial charge in [-0.25, -0.2) is 0 Å². The molecule has 1 N–H and O–H groups in total. The van der Waals surface area contributed by atoms with Crippen molar-refractivity contribution in [3.05, 3.63) is 53.3 Å². The summed E-state index contributed by atoms with van der Waals surface area (Å²) in [4.78, 5) is 14.2. The third-order valence-corrected chi connectivity index (χ3v) is 4.63. The van der Waals surface area contributed by atoms with Gasteiger partial charge in [-0.1, -0.05) is 18.2 Å². The molecule has 7 heteroatoms. The molecule has 2 aromatic rings. The molecule has 1 atom stereocenters. The highest BCUT2D eigenvalue weighted by molar-refractivity contribution is 5.92. The van der Waals surface area contributed by atoms with Gasteiger partial charge in [0, 0.05) is 19.3 Å². The first-order valence-corrected chi connectivity index (χ1v) is 8.38. The predicted octanol–water partition coefficient (Wildman–Crippen LogP) is 3.91. The van der Waals surface area contributed by atoms with E-state index in [0.29, 0.717) is 36.7 Å². The molecule has 4 nitrogen and oxygen atoms in total. The van der Waals surface area contributed by atoms with Gasteiger partial charge >= 0.3 is 6.18 Å². The monoisotopic (exact) mass is 351 g/mol. The van der Waals surface area contributed by atoms with Crippen molar-refractivity contribution >= 4 is 5.91 Å². The number of nitrogens with one attached hydrogen (secondary N) is 1. The van der Waals surface area contributed by atoms with Crippen molar-refractivity contribution in [3.63, 3.8) is 0 Å². The number of carbonyl (C=O) groups excluding carboxylic acids is 1. The van der Waals surface area contributed by atoms with Gasteiger partial charge in [-0.3, -0.25) is 9.89 Å². The Hall–Kier alpha value is -2.31. The second kappa shape index (κ2) is 7.29. The van der Waals surface area contributed by atoms with Gasteiger partial charge in [-0.05, 0) is 49.3 Å². The number of alkyl halides is 3. The Morgan fingerprint density at radius 3 is 2.88 bits per heavy atom. The third-order valence-electron chi connectivity index (χ3n) is 4.63. The number of nitrogens with zero attached hydrogens (tertiary/aromatic N) is 2. The Labute approximate surface area is 144 Å². The fourth-order valence-electron chi connectivity index (χ4n) is 3.30. The smallest absolute Gasteiger partial charge is 0.337 e. The van der Waals surface area contributed by atoms with Crippen molar-refractivity contribution < 1.29 is 18.0 Å². The second-order valence-corrected chi connectivity index (χ2v) is 6.47. The summed E-state index contributed by atoms with van der Waals surface area (Å²) in [6.07, 6.45) is 0.490. The summed E-state index contributed by atoms with van der Waals surface area (Å²) >= 11 is 0. The number of H-pyrrole nitrogens is 1. The van der Waals surface area contributed by atoms with Crippen LogP contribution < -0.4 is 0 Å². The molecule has 2 heterocycles. The van der Waals surface area contributed by atoms with Gasteiger partial charge in [-0.15, -0.1) is 0 Å². The molecule has 1 amide bonds. The summed E-state index contributed by atoms with van der Waals surface area (Å²) in [5.74, 6) is 0.233. The summed E-state index contributed by atoms with van der Waals surface area (Å²) in [7, 11) is 0. The summed E-state index contributed by atoms with van der Waals surface area (Å²) in [5.41, 5.74) is 0.551. The van der Waals surface area contributed by atoms with Crippen LogP contribution in [0, 0.1) is 5.92 Å². The molecule has 0 bridgehead atoms. The molecule has 25 heavy (non-hydrogen) atoms. The van der Waals surface area contributed by atoms with Gasteiger partial charge in [0.15, 0.2) is 0 Å². The van der Waals surface area contributed by atoms with Gasteiger partial charge < -0.3 is 4.90 Å². The second-order valence-electron chi connectivity index (χ2n) is 6.47. The zero-order valence-corrected chi connectivity index (χ0v) is 13.7. The highest BCUT2D eigenvalue weighted by atomic mass is 19.4. The summed E-state index contributed by atoms with van der Waals surface area (Å²) in [6.45, 7) is 1.34. The van der Waals surface area contributed by atoms with E-state index in [1.165, 1.54) is 12.1 Å². The minimum absolute atomic E-state index is 0.0683. The Morgan fingerprint density at radius 1 is 1.32 bits per heavy atom. The number of aromatic amines is 1. The lowest BCUT2D eigenvalue weighted by Crippen LogP contribution is -2.40. The van der Waals surface area contributed by atoms with E-state index in [4.69, 9.17) is 0 Å². The standard InChI is InChI=1S/C18H20F3N3O/c19-18(20,21)15-5-1-3-13(11-15)6-7-14-4-2-10-24(12-14)17(25)16-8-9-22-23-16/h1,3,5,8-9,11,14H,2,4,6-7,10,12H2,(H,22,23)/t14-/m0/s1. The van der Waals surface area contributed by atoms with E-state index in [-0.39, 0.29) is 5.91 Å². The Morgan fingerprint density at radius 2 is 2.16 bits per heavy atom. The lowest BCUT2D eigenvalue weighted by molar-refractivity contribution is -0.137. The van der Waals surface area contributed by atoms with E-state index < -0.39 is 11.7 Å². The van der Waals surface area contributed by atoms with Crippen LogP contribution in [0.3, 0.4) is 0 Å². The molecular formula is C18H20F3N3O. The Balaban J connectivity index is 1.57. The lowest BCUT2D eigenvalue weighted by atomic mass is 9.91. The van der Waals surface area contributed by atoms with Crippen LogP contribution in [0.2, 0.25) is 0 Å². The highest BCUT2D eigenvalue weighted by Crippen LogP contribution is 2.30. The number of aryl methyl sites for hydroxylation is 1. The van der Waals surface area contributed by atoms with Gasteiger partial charge in [0.05, 0.1) is 5.56 Å². The van der Waals surface area contributed by atoms with Crippen molar-refractivity contribution in [2.45, 2.75) is 31.9 Å². The van der Waals surface area contributed by atoms with Crippen molar-refractivity contribution in [1.29, 1.82) is 0 Å². The van der Waals surface area contributed by atoms with Crippen LogP contribution in [0.25, 0.3) is 0 Å². The number of carbonyl (C=O) groups is 1. The first-order chi connectivity index (χ1) is 11.9. The molecule has 1 aromatic carbocycles. The maximum absolute atomic E-state index is 12.8. The largest absolute Gasteiger partial charge is 0.416 e. The molecule has 0 aliphatic carbocycles. The molecule has 1 saturated heterocycles. The minimum atomic E-state index is -4.31. The molecule has 0 radical (unpaired) electrons. The van der Waals surface area contributed by atoms with E-state index >= 15 is 0 Å². The molecule has 1 aromatic heterocycles. The number of piperidine rings is 1. The number of amides is 1. The lowest BCUT2D eigenvalue weighted by Gasteiger charge is -2.32. The van der Waals surface area contributed by atoms with Crippen LogP contribution >= 0.6 is 0 Å². The first kappa shape index (κ1) is 17.5. The molecule has 0 spiro atoms. The van der Waals surface area contributed by atoms with E-state index in [2.05, 4.69) is 10.2 Å². The molecule has 1 aliphatic rings. The number of halogens is 3. The van der Waals surface area contributed by atoms with Crippen LogP contribution in [0.5, 0.6) is 0 Å². The van der Waals surface area contributed by atoms with Crippen LogP contribution in [0.4, 0.5) is 13.2 Å². The van der Waals surface area contributed by atoms with Crippen LogP contribution in [0.15, 0.2) is 36.5 Å². The Kier molecular flexibility index (Phi) is 5.11. The van der Waals surface area contributed by atoms with Gasteiger partial charge in [0.1, 0.15) is 5.69 Å². The average molecular weight is 351 g/mol. The fourth-order valence-corrected chi connectivity index (χ4v) is 3.30. The molecule has 1 fully saturated rings. The van der Waals surface area contributed by atoms with E-state index in [1.54, 1.807) is 23.2 Å². The van der Waals surface area contributed by atoms with Crippen molar-refractivity contribution in [3.8, 4) is 0 Å². The maximum atomic E-state index is 12.8. The van der Waals surface area contributed by atoms with E-state index in [9.17, 15) is 18.0 Å². The molecule has 0 unspecified atom stereocenters. The van der Waals surface area contributed by atoms with Crippen molar-refractivity contribution in [2.24, 2.45) is 5.92 Å². The van der Waals surface area contributed by atoms with Crippen LogP contribution in [0.1, 0.15) is 40.9 Å². The number of hydrogen-bond acceptors (Lipinski definition) is 2. The van der Waals surface area contributed by atoms with Crippen molar-refractivity contribution in [1.82, 2.24) is 15.1 Å². The summed E-state index contributed by atoms with van der Waals surface area (Å²) in [5, 5.41) is 6.48. The molecule has 3 rings (SSSR count). The van der Waals surface area contributed by atoms with Gasteiger partial charge in [0.2, 0.25) is 0 Å². The first-order valence-electron chi connectivity index (χ1n) is 8.38. The predicted molar refractivity (Wildman–Crippen MR) is 87.0 cm³/mol. The summed E-state index contributed by atoms with van der Waals surface area (Å²) in [6, 6.07) is 7.14. The molecular weight excluding hydrogens is 331 g/mol. The van der Waals surface area contributed by atoms with Gasteiger partial charge in [0.25, 0.3) is 5.91 Å².